The number of rotatable bonds is 4. The second kappa shape index (κ2) is 8.44. The maximum Gasteiger partial charge on any atom is 0.250 e. The summed E-state index contributed by atoms with van der Waals surface area (Å²) in [7, 11) is 0. The maximum atomic E-state index is 14.6. The second-order valence-electron chi connectivity index (χ2n) is 7.68. The van der Waals surface area contributed by atoms with Crippen molar-refractivity contribution < 1.29 is 9.13 Å². The van der Waals surface area contributed by atoms with Gasteiger partial charge in [0, 0.05) is 33.9 Å². The van der Waals surface area contributed by atoms with Gasteiger partial charge in [-0.1, -0.05) is 11.6 Å². The molecule has 31 heavy (non-hydrogen) atoms. The Kier molecular flexibility index (Phi) is 5.50. The predicted octanol–water partition coefficient (Wildman–Crippen LogP) is 6.41. The molecule has 3 aromatic heterocycles. The van der Waals surface area contributed by atoms with E-state index in [-0.39, 0.29) is 17.4 Å². The van der Waals surface area contributed by atoms with Gasteiger partial charge in [0.25, 0.3) is 5.88 Å². The predicted molar refractivity (Wildman–Crippen MR) is 120 cm³/mol. The Labute approximate surface area is 188 Å². The van der Waals surface area contributed by atoms with Gasteiger partial charge in [-0.25, -0.2) is 14.4 Å². The van der Waals surface area contributed by atoms with Gasteiger partial charge in [-0.2, -0.15) is 0 Å². The van der Waals surface area contributed by atoms with Crippen molar-refractivity contribution in [2.45, 2.75) is 37.2 Å². The lowest BCUT2D eigenvalue weighted by molar-refractivity contribution is 0.143. The highest BCUT2D eigenvalue weighted by molar-refractivity contribution is 6.31. The summed E-state index contributed by atoms with van der Waals surface area (Å²) in [6.07, 6.45) is 6.61. The number of ether oxygens (including phenoxy) is 1. The number of H-pyrrole nitrogens is 1. The first-order valence-corrected chi connectivity index (χ1v) is 10.9. The van der Waals surface area contributed by atoms with Crippen LogP contribution in [0.4, 0.5) is 4.39 Å². The molecule has 0 radical (unpaired) electrons. The molecular weight excluding hydrogens is 438 g/mol. The van der Waals surface area contributed by atoms with Crippen LogP contribution in [0.25, 0.3) is 33.7 Å². The Morgan fingerprint density at radius 2 is 1.77 bits per heavy atom. The quantitative estimate of drug-likeness (QED) is 0.360. The van der Waals surface area contributed by atoms with Gasteiger partial charge < -0.3 is 9.72 Å². The third-order valence-corrected chi connectivity index (χ3v) is 6.14. The number of nitrogens with one attached hydrogen (secondary N) is 1. The van der Waals surface area contributed by atoms with Crippen molar-refractivity contribution in [1.82, 2.24) is 19.9 Å². The van der Waals surface area contributed by atoms with Crippen LogP contribution < -0.4 is 4.74 Å². The Morgan fingerprint density at radius 1 is 0.968 bits per heavy atom. The molecule has 0 spiro atoms. The Balaban J connectivity index is 1.33. The van der Waals surface area contributed by atoms with Crippen molar-refractivity contribution in [1.29, 1.82) is 0 Å². The van der Waals surface area contributed by atoms with Crippen LogP contribution in [-0.2, 0) is 0 Å². The topological polar surface area (TPSA) is 63.7 Å². The van der Waals surface area contributed by atoms with E-state index in [1.165, 1.54) is 6.07 Å². The number of hydrogen-bond donors (Lipinski definition) is 1. The molecule has 1 N–H and O–H groups in total. The van der Waals surface area contributed by atoms with Crippen LogP contribution >= 0.6 is 23.2 Å². The molecule has 1 aliphatic carbocycles. The Hall–Kier alpha value is -2.70. The van der Waals surface area contributed by atoms with E-state index in [4.69, 9.17) is 27.9 Å². The van der Waals surface area contributed by atoms with E-state index in [1.54, 1.807) is 18.5 Å². The highest BCUT2D eigenvalue weighted by Crippen LogP contribution is 2.29. The molecule has 4 aromatic rings. The number of pyridine rings is 2. The molecule has 5 rings (SSSR count). The number of aromatic nitrogens is 4. The summed E-state index contributed by atoms with van der Waals surface area (Å²) in [5.41, 5.74) is 3.69. The minimum Gasteiger partial charge on any atom is -0.472 e. The minimum atomic E-state index is -0.495. The number of aromatic amines is 1. The number of nitrogens with zero attached hydrogens (tertiary/aromatic N) is 3. The molecule has 3 heterocycles. The van der Waals surface area contributed by atoms with Gasteiger partial charge in [-0.3, -0.25) is 4.98 Å². The van der Waals surface area contributed by atoms with Crippen molar-refractivity contribution in [3.05, 3.63) is 59.6 Å². The molecule has 1 aliphatic rings. The summed E-state index contributed by atoms with van der Waals surface area (Å²) in [5.74, 6) is 0.223. The summed E-state index contributed by atoms with van der Waals surface area (Å²) in [4.78, 5) is 16.4. The molecule has 0 bridgehead atoms. The molecule has 1 fully saturated rings. The number of imidazole rings is 1. The summed E-state index contributed by atoms with van der Waals surface area (Å²) in [6.45, 7) is 0. The lowest BCUT2D eigenvalue weighted by Crippen LogP contribution is -2.25. The zero-order valence-electron chi connectivity index (χ0n) is 16.5. The average Bonchev–Trinajstić information content (AvgIpc) is 3.20. The lowest BCUT2D eigenvalue weighted by Gasteiger charge is -2.25. The zero-order chi connectivity index (χ0) is 21.4. The molecule has 1 aromatic carbocycles. The Morgan fingerprint density at radius 3 is 2.52 bits per heavy atom. The summed E-state index contributed by atoms with van der Waals surface area (Å²) >= 11 is 12.2. The van der Waals surface area contributed by atoms with Gasteiger partial charge in [-0.05, 0) is 62.1 Å². The molecule has 0 amide bonds. The van der Waals surface area contributed by atoms with Crippen LogP contribution in [0.2, 0.25) is 5.02 Å². The summed E-state index contributed by atoms with van der Waals surface area (Å²) in [5, 5.41) is 0.830. The molecule has 1 saturated carbocycles. The van der Waals surface area contributed by atoms with E-state index in [0.29, 0.717) is 22.1 Å². The van der Waals surface area contributed by atoms with E-state index in [2.05, 4.69) is 19.9 Å². The van der Waals surface area contributed by atoms with Gasteiger partial charge in [0.05, 0.1) is 16.7 Å². The highest BCUT2D eigenvalue weighted by Gasteiger charge is 2.22. The first kappa shape index (κ1) is 20.2. The van der Waals surface area contributed by atoms with Crippen molar-refractivity contribution in [2.75, 3.05) is 0 Å². The van der Waals surface area contributed by atoms with Crippen LogP contribution in [-0.4, -0.2) is 31.4 Å². The molecule has 5 nitrogen and oxygen atoms in total. The SMILES string of the molecule is Fc1cc(-c2ccc(-c3nc4ccc(Cl)cc4[nH]3)cn2)cnc1O[C@H]1CC[C@@H](Cl)CC1. The van der Waals surface area contributed by atoms with Crippen molar-refractivity contribution in [3.8, 4) is 28.5 Å². The monoisotopic (exact) mass is 456 g/mol. The van der Waals surface area contributed by atoms with E-state index < -0.39 is 5.82 Å². The van der Waals surface area contributed by atoms with Gasteiger partial charge in [0.1, 0.15) is 11.9 Å². The largest absolute Gasteiger partial charge is 0.472 e. The average molecular weight is 457 g/mol. The fraction of sp³-hybridized carbons (Fsp3) is 0.261. The van der Waals surface area contributed by atoms with E-state index >= 15 is 0 Å². The van der Waals surface area contributed by atoms with Crippen molar-refractivity contribution in [3.63, 3.8) is 0 Å². The van der Waals surface area contributed by atoms with E-state index in [0.717, 1.165) is 42.3 Å². The fourth-order valence-electron chi connectivity index (χ4n) is 3.77. The number of benzene rings is 1. The normalized spacial score (nSPS) is 18.9. The third kappa shape index (κ3) is 4.36. The number of fused-ring (bicyclic) bond motifs is 1. The second-order valence-corrected chi connectivity index (χ2v) is 8.74. The maximum absolute atomic E-state index is 14.6. The fourth-order valence-corrected chi connectivity index (χ4v) is 4.20. The van der Waals surface area contributed by atoms with Crippen LogP contribution in [0.15, 0.2) is 48.8 Å². The number of halogens is 3. The zero-order valence-corrected chi connectivity index (χ0v) is 18.0. The highest BCUT2D eigenvalue weighted by atomic mass is 35.5. The Bertz CT molecular complexity index is 1220. The molecule has 0 aliphatic heterocycles. The van der Waals surface area contributed by atoms with Crippen molar-refractivity contribution >= 4 is 34.2 Å². The van der Waals surface area contributed by atoms with Gasteiger partial charge in [0.15, 0.2) is 5.82 Å². The minimum absolute atomic E-state index is 0.0272. The molecule has 0 saturated heterocycles. The summed E-state index contributed by atoms with van der Waals surface area (Å²) < 4.78 is 20.3. The molecule has 8 heteroatoms. The van der Waals surface area contributed by atoms with Crippen LogP contribution in [0, 0.1) is 5.82 Å². The first-order valence-electron chi connectivity index (χ1n) is 10.1. The van der Waals surface area contributed by atoms with Crippen LogP contribution in [0.1, 0.15) is 25.7 Å². The molecule has 0 unspecified atom stereocenters. The molecule has 0 atom stereocenters. The van der Waals surface area contributed by atoms with Gasteiger partial charge >= 0.3 is 0 Å². The summed E-state index contributed by atoms with van der Waals surface area (Å²) in [6, 6.07) is 10.6. The third-order valence-electron chi connectivity index (χ3n) is 5.47. The number of alkyl halides is 1. The smallest absolute Gasteiger partial charge is 0.250 e. The van der Waals surface area contributed by atoms with E-state index in [1.807, 2.05) is 24.3 Å². The van der Waals surface area contributed by atoms with Gasteiger partial charge in [-0.15, -0.1) is 11.6 Å². The van der Waals surface area contributed by atoms with Crippen LogP contribution in [0.5, 0.6) is 5.88 Å². The van der Waals surface area contributed by atoms with Crippen LogP contribution in [0.3, 0.4) is 0 Å². The molecular formula is C23H19Cl2FN4O. The number of hydrogen-bond acceptors (Lipinski definition) is 4. The van der Waals surface area contributed by atoms with Gasteiger partial charge in [0.2, 0.25) is 0 Å². The lowest BCUT2D eigenvalue weighted by atomic mass is 9.97. The standard InChI is InChI=1S/C23H19Cl2FN4O/c24-15-2-5-17(6-3-15)31-23-18(26)9-14(12-28-23)19-7-1-13(11-27-19)22-29-20-8-4-16(25)10-21(20)30-22/h1,4,7-12,15,17H,2-3,5-6H2,(H,29,30)/t15-,17+. The van der Waals surface area contributed by atoms with Crippen molar-refractivity contribution in [2.24, 2.45) is 0 Å². The van der Waals surface area contributed by atoms with E-state index in [9.17, 15) is 4.39 Å². The molecule has 158 valence electrons. The first-order chi connectivity index (χ1) is 15.0.